The summed E-state index contributed by atoms with van der Waals surface area (Å²) >= 11 is 1.95. The summed E-state index contributed by atoms with van der Waals surface area (Å²) in [5, 5.41) is 4.52. The predicted octanol–water partition coefficient (Wildman–Crippen LogP) is 4.08. The molecule has 3 aromatic rings. The third kappa shape index (κ3) is 3.37. The fourth-order valence-corrected chi connectivity index (χ4v) is 9.55. The fourth-order valence-electron chi connectivity index (χ4n) is 3.36. The number of thioether (sulfide) groups is 1. The van der Waals surface area contributed by atoms with Gasteiger partial charge in [0.1, 0.15) is 0 Å². The second kappa shape index (κ2) is 7.81. The van der Waals surface area contributed by atoms with E-state index in [0.29, 0.717) is 0 Å². The Kier molecular flexibility index (Phi) is 5.54. The van der Waals surface area contributed by atoms with E-state index in [9.17, 15) is 0 Å². The van der Waals surface area contributed by atoms with Crippen LogP contribution in [0.1, 0.15) is 0 Å². The summed E-state index contributed by atoms with van der Waals surface area (Å²) < 4.78 is 0. The molecule has 0 nitrogen and oxygen atoms in total. The summed E-state index contributed by atoms with van der Waals surface area (Å²) in [6, 6.07) is 33.4. The summed E-state index contributed by atoms with van der Waals surface area (Å²) in [6.45, 7) is 0. The van der Waals surface area contributed by atoms with Gasteiger partial charge in [-0.3, -0.25) is 0 Å². The average molecular weight is 338 g/mol. The van der Waals surface area contributed by atoms with Crippen molar-refractivity contribution in [2.24, 2.45) is 0 Å². The molecule has 0 amide bonds. The van der Waals surface area contributed by atoms with Crippen LogP contribution in [-0.2, 0) is 0 Å². The summed E-state index contributed by atoms with van der Waals surface area (Å²) in [6.07, 6.45) is 3.44. The van der Waals surface area contributed by atoms with Gasteiger partial charge in [0.15, 0.2) is 0 Å². The first-order valence-corrected chi connectivity index (χ1v) is 11.6. The molecular weight excluding hydrogens is 315 g/mol. The normalized spacial score (nSPS) is 12.0. The molecule has 0 spiro atoms. The van der Waals surface area contributed by atoms with E-state index in [-0.39, 0.29) is 0 Å². The molecule has 0 saturated heterocycles. The summed E-state index contributed by atoms with van der Waals surface area (Å²) in [7, 11) is -1.97. The maximum atomic E-state index is 2.33. The van der Waals surface area contributed by atoms with E-state index in [4.69, 9.17) is 0 Å². The fraction of sp³-hybridized carbons (Fsp3) is 0.143. The first-order chi connectivity index (χ1) is 11.4. The van der Waals surface area contributed by atoms with Gasteiger partial charge in [-0.2, -0.15) is 0 Å². The SMILES string of the molecule is CSCC[PH](c1ccccc1)(c1ccccc1)c1ccccc1. The van der Waals surface area contributed by atoms with Crippen LogP contribution in [0.2, 0.25) is 0 Å². The van der Waals surface area contributed by atoms with Crippen molar-refractivity contribution in [3.05, 3.63) is 91.0 Å². The molecule has 3 aromatic carbocycles. The van der Waals surface area contributed by atoms with Crippen molar-refractivity contribution in [3.63, 3.8) is 0 Å². The monoisotopic (exact) mass is 338 g/mol. The van der Waals surface area contributed by atoms with Crippen LogP contribution >= 0.6 is 19.0 Å². The minimum absolute atomic E-state index is 1.19. The Labute approximate surface area is 144 Å². The Morgan fingerprint density at radius 2 is 0.957 bits per heavy atom. The molecule has 23 heavy (non-hydrogen) atoms. The molecule has 0 atom stereocenters. The second-order valence-corrected chi connectivity index (χ2v) is 10.8. The number of hydrogen-bond acceptors (Lipinski definition) is 1. The van der Waals surface area contributed by atoms with E-state index in [1.807, 2.05) is 11.8 Å². The van der Waals surface area contributed by atoms with Crippen LogP contribution in [0.4, 0.5) is 0 Å². The van der Waals surface area contributed by atoms with Gasteiger partial charge in [-0.15, -0.1) is 0 Å². The first kappa shape index (κ1) is 16.3. The van der Waals surface area contributed by atoms with Gasteiger partial charge in [0.25, 0.3) is 0 Å². The molecular formula is C21H23PS. The van der Waals surface area contributed by atoms with Crippen molar-refractivity contribution >= 4 is 34.9 Å². The van der Waals surface area contributed by atoms with Crippen LogP contribution in [0, 0.1) is 0 Å². The molecule has 0 heterocycles. The summed E-state index contributed by atoms with van der Waals surface area (Å²) in [4.78, 5) is 0. The van der Waals surface area contributed by atoms with E-state index in [0.717, 1.165) is 0 Å². The Balaban J connectivity index is 2.25. The second-order valence-electron chi connectivity index (χ2n) is 5.75. The van der Waals surface area contributed by atoms with Gasteiger partial charge in [-0.05, 0) is 0 Å². The third-order valence-corrected chi connectivity index (χ3v) is 10.4. The van der Waals surface area contributed by atoms with Gasteiger partial charge in [-0.25, -0.2) is 0 Å². The quantitative estimate of drug-likeness (QED) is 0.611. The molecule has 118 valence electrons. The van der Waals surface area contributed by atoms with E-state index in [1.165, 1.54) is 27.8 Å². The Morgan fingerprint density at radius 1 is 0.609 bits per heavy atom. The van der Waals surface area contributed by atoms with Crippen LogP contribution in [0.5, 0.6) is 0 Å². The molecule has 0 saturated carbocycles. The van der Waals surface area contributed by atoms with Crippen LogP contribution in [-0.4, -0.2) is 18.2 Å². The Hall–Kier alpha value is -1.56. The van der Waals surface area contributed by atoms with Crippen molar-refractivity contribution in [3.8, 4) is 0 Å². The van der Waals surface area contributed by atoms with E-state index >= 15 is 0 Å². The van der Waals surface area contributed by atoms with Crippen molar-refractivity contribution in [2.75, 3.05) is 18.2 Å². The molecule has 0 aliphatic rings. The van der Waals surface area contributed by atoms with Gasteiger partial charge < -0.3 is 0 Å². The number of hydrogen-bond donors (Lipinski definition) is 0. The van der Waals surface area contributed by atoms with Crippen molar-refractivity contribution in [1.29, 1.82) is 0 Å². The zero-order valence-electron chi connectivity index (χ0n) is 13.5. The summed E-state index contributed by atoms with van der Waals surface area (Å²) in [5.74, 6) is 1.19. The van der Waals surface area contributed by atoms with Gasteiger partial charge in [0.05, 0.1) is 0 Å². The standard InChI is InChI=1S/C21H23PS/c1-23-18-17-22(19-11-5-2-6-12-19,20-13-7-3-8-14-20)21-15-9-4-10-16-21/h2-16,22H,17-18H2,1H3. The zero-order valence-corrected chi connectivity index (χ0v) is 15.3. The summed E-state index contributed by atoms with van der Waals surface area (Å²) in [5.41, 5.74) is 0. The van der Waals surface area contributed by atoms with Crippen LogP contribution < -0.4 is 15.9 Å². The third-order valence-electron chi connectivity index (χ3n) is 4.48. The Morgan fingerprint density at radius 3 is 1.26 bits per heavy atom. The molecule has 0 radical (unpaired) electrons. The van der Waals surface area contributed by atoms with Crippen LogP contribution in [0.15, 0.2) is 91.0 Å². The molecule has 0 unspecified atom stereocenters. The van der Waals surface area contributed by atoms with E-state index < -0.39 is 7.26 Å². The minimum atomic E-state index is -1.97. The van der Waals surface area contributed by atoms with Gasteiger partial charge in [0, 0.05) is 0 Å². The maximum absolute atomic E-state index is 2.33. The molecule has 0 N–H and O–H groups in total. The van der Waals surface area contributed by atoms with Gasteiger partial charge in [0.2, 0.25) is 0 Å². The molecule has 3 rings (SSSR count). The molecule has 0 fully saturated rings. The van der Waals surface area contributed by atoms with Crippen LogP contribution in [0.3, 0.4) is 0 Å². The molecule has 0 bridgehead atoms. The van der Waals surface area contributed by atoms with Crippen molar-refractivity contribution in [1.82, 2.24) is 0 Å². The molecule has 0 aliphatic carbocycles. The number of rotatable bonds is 6. The number of benzene rings is 3. The topological polar surface area (TPSA) is 0 Å². The zero-order chi connectivity index (χ0) is 16.0. The predicted molar refractivity (Wildman–Crippen MR) is 110 cm³/mol. The van der Waals surface area contributed by atoms with E-state index in [1.54, 1.807) is 0 Å². The van der Waals surface area contributed by atoms with E-state index in [2.05, 4.69) is 97.3 Å². The van der Waals surface area contributed by atoms with Gasteiger partial charge >= 0.3 is 144 Å². The van der Waals surface area contributed by atoms with Crippen molar-refractivity contribution < 1.29 is 0 Å². The van der Waals surface area contributed by atoms with Crippen LogP contribution in [0.25, 0.3) is 0 Å². The van der Waals surface area contributed by atoms with Crippen molar-refractivity contribution in [2.45, 2.75) is 0 Å². The molecule has 2 heteroatoms. The average Bonchev–Trinajstić information content (AvgIpc) is 2.65. The molecule has 0 aromatic heterocycles. The van der Waals surface area contributed by atoms with Gasteiger partial charge in [-0.1, -0.05) is 0 Å². The molecule has 0 aliphatic heterocycles. The first-order valence-electron chi connectivity index (χ1n) is 8.03. The Bertz CT molecular complexity index is 614.